The van der Waals surface area contributed by atoms with E-state index in [-0.39, 0.29) is 34.2 Å². The van der Waals surface area contributed by atoms with Crippen molar-refractivity contribution in [1.82, 2.24) is 29.5 Å². The third-order valence-corrected chi connectivity index (χ3v) is 8.18. The third-order valence-electron chi connectivity index (χ3n) is 6.47. The van der Waals surface area contributed by atoms with Crippen molar-refractivity contribution in [2.75, 3.05) is 0 Å². The lowest BCUT2D eigenvalue weighted by Gasteiger charge is -2.11. The van der Waals surface area contributed by atoms with Crippen molar-refractivity contribution in [3.63, 3.8) is 0 Å². The molecule has 0 aliphatic rings. The van der Waals surface area contributed by atoms with Crippen LogP contribution in [-0.4, -0.2) is 38.5 Å². The molecule has 4 heterocycles. The molecule has 206 valence electrons. The molecule has 4 aromatic heterocycles. The Labute approximate surface area is 234 Å². The van der Waals surface area contributed by atoms with Crippen molar-refractivity contribution in [2.45, 2.75) is 17.2 Å². The van der Waals surface area contributed by atoms with Crippen LogP contribution in [0.1, 0.15) is 21.6 Å². The molecule has 0 fully saturated rings. The Hall–Kier alpha value is -5.10. The second-order valence-corrected chi connectivity index (χ2v) is 11.4. The molecule has 6 aromatic rings. The van der Waals surface area contributed by atoms with Gasteiger partial charge in [0.2, 0.25) is 5.89 Å². The van der Waals surface area contributed by atoms with Gasteiger partial charge in [-0.05, 0) is 66.2 Å². The number of hydrogen-bond acceptors (Lipinski definition) is 7. The van der Waals surface area contributed by atoms with E-state index in [4.69, 9.17) is 4.42 Å². The van der Waals surface area contributed by atoms with Gasteiger partial charge in [0.25, 0.3) is 5.91 Å². The highest BCUT2D eigenvalue weighted by atomic mass is 32.2. The van der Waals surface area contributed by atoms with E-state index in [1.165, 1.54) is 41.3 Å². The van der Waals surface area contributed by atoms with Crippen LogP contribution in [0.3, 0.4) is 0 Å². The number of aryl methyl sites for hydroxylation is 1. The average Bonchev–Trinajstić information content (AvgIpc) is 3.73. The van der Waals surface area contributed by atoms with E-state index in [1.807, 2.05) is 28.9 Å². The Morgan fingerprint density at radius 3 is 2.63 bits per heavy atom. The number of benzene rings is 2. The first-order chi connectivity index (χ1) is 19.7. The number of aromatic nitrogens is 5. The van der Waals surface area contributed by atoms with Gasteiger partial charge in [-0.3, -0.25) is 9.48 Å². The first-order valence-electron chi connectivity index (χ1n) is 12.5. The van der Waals surface area contributed by atoms with Gasteiger partial charge < -0.3 is 14.1 Å². The summed E-state index contributed by atoms with van der Waals surface area (Å²) in [5.74, 6) is -1.16. The minimum Gasteiger partial charge on any atom is -0.444 e. The van der Waals surface area contributed by atoms with E-state index in [0.717, 1.165) is 11.2 Å². The second-order valence-electron chi connectivity index (χ2n) is 9.41. The molecule has 0 saturated heterocycles. The maximum atomic E-state index is 13.5. The van der Waals surface area contributed by atoms with Crippen molar-refractivity contribution in [1.29, 1.82) is 0 Å². The lowest BCUT2D eigenvalue weighted by atomic mass is 10.1. The zero-order valence-corrected chi connectivity index (χ0v) is 22.5. The number of sulfone groups is 1. The van der Waals surface area contributed by atoms with Gasteiger partial charge in [-0.1, -0.05) is 0 Å². The van der Waals surface area contributed by atoms with Crippen LogP contribution in [0.4, 0.5) is 4.39 Å². The number of amides is 1. The molecule has 0 bridgehead atoms. The Kier molecular flexibility index (Phi) is 6.67. The number of fused-ring (bicyclic) bond motifs is 1. The monoisotopic (exact) mass is 570 g/mol. The maximum absolute atomic E-state index is 13.5. The van der Waals surface area contributed by atoms with Gasteiger partial charge in [0.15, 0.2) is 9.84 Å². The van der Waals surface area contributed by atoms with E-state index in [0.29, 0.717) is 17.0 Å². The molecule has 6 rings (SSSR count). The molecule has 10 nitrogen and oxygen atoms in total. The summed E-state index contributed by atoms with van der Waals surface area (Å²) in [6.45, 7) is 0.241. The highest BCUT2D eigenvalue weighted by Crippen LogP contribution is 2.32. The van der Waals surface area contributed by atoms with Gasteiger partial charge in [0, 0.05) is 49.5 Å². The summed E-state index contributed by atoms with van der Waals surface area (Å²) in [6.07, 6.45) is 8.38. The number of oxazole rings is 1. The van der Waals surface area contributed by atoms with Crippen LogP contribution in [0.25, 0.3) is 28.4 Å². The number of nitrogens with one attached hydrogen (secondary N) is 1. The van der Waals surface area contributed by atoms with Crippen LogP contribution in [0.5, 0.6) is 0 Å². The fraction of sp³-hybridized carbons (Fsp3) is 0.103. The van der Waals surface area contributed by atoms with Crippen LogP contribution in [0.2, 0.25) is 0 Å². The summed E-state index contributed by atoms with van der Waals surface area (Å²) >= 11 is 0. The summed E-state index contributed by atoms with van der Waals surface area (Å²) in [6, 6.07) is 15.3. The molecule has 1 N–H and O–H groups in total. The molecule has 2 aromatic carbocycles. The number of nitrogens with zero attached hydrogens (tertiary/aromatic N) is 5. The number of halogens is 1. The van der Waals surface area contributed by atoms with Crippen LogP contribution in [0.15, 0.2) is 101 Å². The van der Waals surface area contributed by atoms with Gasteiger partial charge in [0.1, 0.15) is 23.4 Å². The number of hydrogen-bond donors (Lipinski definition) is 1. The Morgan fingerprint density at radius 2 is 1.85 bits per heavy atom. The Balaban J connectivity index is 1.34. The van der Waals surface area contributed by atoms with E-state index in [1.54, 1.807) is 37.6 Å². The molecular weight excluding hydrogens is 547 g/mol. The predicted octanol–water partition coefficient (Wildman–Crippen LogP) is 4.43. The average molecular weight is 571 g/mol. The summed E-state index contributed by atoms with van der Waals surface area (Å²) in [4.78, 5) is 21.8. The van der Waals surface area contributed by atoms with Gasteiger partial charge >= 0.3 is 0 Å². The molecule has 0 atom stereocenters. The first kappa shape index (κ1) is 26.1. The molecule has 41 heavy (non-hydrogen) atoms. The fourth-order valence-corrected chi connectivity index (χ4v) is 5.88. The van der Waals surface area contributed by atoms with Gasteiger partial charge in [-0.25, -0.2) is 22.8 Å². The minimum absolute atomic E-state index is 0.00308. The molecule has 1 amide bonds. The lowest BCUT2D eigenvalue weighted by molar-refractivity contribution is 0.0951. The number of imidazole rings is 1. The van der Waals surface area contributed by atoms with E-state index in [9.17, 15) is 17.6 Å². The number of carbonyl (C=O) groups excluding carboxylic acids is 1. The van der Waals surface area contributed by atoms with E-state index in [2.05, 4.69) is 20.4 Å². The highest BCUT2D eigenvalue weighted by molar-refractivity contribution is 7.90. The summed E-state index contributed by atoms with van der Waals surface area (Å²) in [7, 11) is -2.22. The summed E-state index contributed by atoms with van der Waals surface area (Å²) in [5.41, 5.74) is 3.29. The quantitative estimate of drug-likeness (QED) is 0.287. The van der Waals surface area contributed by atoms with Gasteiger partial charge in [-0.2, -0.15) is 5.10 Å². The molecule has 0 unspecified atom stereocenters. The number of carbonyl (C=O) groups is 1. The zero-order valence-electron chi connectivity index (χ0n) is 21.7. The number of rotatable bonds is 8. The Morgan fingerprint density at radius 1 is 1.02 bits per heavy atom. The maximum Gasteiger partial charge on any atom is 0.251 e. The molecule has 12 heteroatoms. The Bertz CT molecular complexity index is 1990. The van der Waals surface area contributed by atoms with Crippen molar-refractivity contribution in [2.24, 2.45) is 7.05 Å². The highest BCUT2D eigenvalue weighted by Gasteiger charge is 2.25. The van der Waals surface area contributed by atoms with Gasteiger partial charge in [-0.15, -0.1) is 0 Å². The SMILES string of the molecule is Cn1ccc(CS(=O)(=O)c2ccc(C(=O)NCc3ccn4ccnc4c3)cc2-c2nc(-c3ccc(F)cc3)co2)n1. The van der Waals surface area contributed by atoms with Crippen molar-refractivity contribution in [3.8, 4) is 22.7 Å². The van der Waals surface area contributed by atoms with Crippen LogP contribution in [-0.2, 0) is 29.2 Å². The summed E-state index contributed by atoms with van der Waals surface area (Å²) in [5, 5.41) is 7.05. The smallest absolute Gasteiger partial charge is 0.251 e. The third kappa shape index (κ3) is 5.50. The van der Waals surface area contributed by atoms with Crippen LogP contribution >= 0.6 is 0 Å². The van der Waals surface area contributed by atoms with E-state index < -0.39 is 21.6 Å². The fourth-order valence-electron chi connectivity index (χ4n) is 4.42. The van der Waals surface area contributed by atoms with Crippen molar-refractivity contribution >= 4 is 21.4 Å². The molecule has 0 aliphatic carbocycles. The molecule has 0 radical (unpaired) electrons. The first-order valence-corrected chi connectivity index (χ1v) is 14.2. The summed E-state index contributed by atoms with van der Waals surface area (Å²) < 4.78 is 49.6. The van der Waals surface area contributed by atoms with Crippen LogP contribution in [0, 0.1) is 5.82 Å². The molecule has 0 aliphatic heterocycles. The van der Waals surface area contributed by atoms with E-state index >= 15 is 0 Å². The second kappa shape index (κ2) is 10.5. The van der Waals surface area contributed by atoms with Crippen LogP contribution < -0.4 is 5.32 Å². The van der Waals surface area contributed by atoms with Crippen molar-refractivity contribution in [3.05, 3.63) is 114 Å². The zero-order chi connectivity index (χ0) is 28.6. The minimum atomic E-state index is -3.92. The predicted molar refractivity (Wildman–Crippen MR) is 148 cm³/mol. The molecule has 0 saturated carbocycles. The topological polar surface area (TPSA) is 124 Å². The largest absolute Gasteiger partial charge is 0.444 e. The standard InChI is InChI=1S/C29H23FN6O4S/c1-35-11-9-23(34-35)18-41(38,39)26-7-4-21(28(37)32-16-19-8-12-36-13-10-31-27(36)14-19)15-24(26)29-33-25(17-40-29)20-2-5-22(30)6-3-20/h2-15,17H,16,18H2,1H3,(H,32,37). The lowest BCUT2D eigenvalue weighted by Crippen LogP contribution is -2.23. The number of pyridine rings is 1. The van der Waals surface area contributed by atoms with Crippen molar-refractivity contribution < 1.29 is 22.0 Å². The molecular formula is C29H23FN6O4S. The van der Waals surface area contributed by atoms with Gasteiger partial charge in [0.05, 0.1) is 21.9 Å². The normalized spacial score (nSPS) is 11.7. The molecule has 0 spiro atoms.